The van der Waals surface area contributed by atoms with Crippen molar-refractivity contribution in [3.8, 4) is 6.07 Å². The summed E-state index contributed by atoms with van der Waals surface area (Å²) in [6.45, 7) is 0. The second kappa shape index (κ2) is 5.61. The smallest absolute Gasteiger partial charge is 0.278 e. The number of aliphatic hydroxyl groups excluding tert-OH is 2. The lowest BCUT2D eigenvalue weighted by Crippen LogP contribution is -2.17. The molecule has 0 aliphatic rings. The Balaban J connectivity index is 2.59. The van der Waals surface area contributed by atoms with E-state index in [4.69, 9.17) is 5.26 Å². The second-order valence-electron chi connectivity index (χ2n) is 4.23. The monoisotopic (exact) mass is 273 g/mol. The van der Waals surface area contributed by atoms with Crippen LogP contribution in [0.2, 0.25) is 0 Å². The van der Waals surface area contributed by atoms with Crippen LogP contribution in [0.15, 0.2) is 30.6 Å². The zero-order valence-corrected chi connectivity index (χ0v) is 10.3. The third-order valence-corrected chi connectivity index (χ3v) is 3.01. The zero-order chi connectivity index (χ0) is 14.7. The molecule has 0 saturated carbocycles. The van der Waals surface area contributed by atoms with Gasteiger partial charge in [0.05, 0.1) is 28.9 Å². The highest BCUT2D eigenvalue weighted by molar-refractivity contribution is 5.92. The van der Waals surface area contributed by atoms with Crippen molar-refractivity contribution in [1.82, 2.24) is 4.98 Å². The molecule has 102 valence electrons. The van der Waals surface area contributed by atoms with Gasteiger partial charge in [0.15, 0.2) is 0 Å². The van der Waals surface area contributed by atoms with Crippen molar-refractivity contribution in [3.63, 3.8) is 0 Å². The number of fused-ring (bicyclic) bond motifs is 1. The Labute approximate surface area is 113 Å². The molecular weight excluding hydrogens is 262 g/mol. The van der Waals surface area contributed by atoms with Crippen molar-refractivity contribution in [1.29, 1.82) is 5.26 Å². The Morgan fingerprint density at radius 1 is 1.35 bits per heavy atom. The van der Waals surface area contributed by atoms with E-state index in [9.17, 15) is 20.3 Å². The number of hydrogen-bond acceptors (Lipinski definition) is 6. The summed E-state index contributed by atoms with van der Waals surface area (Å²) in [6.07, 6.45) is 0.00232. The minimum atomic E-state index is -1.29. The molecule has 2 aromatic rings. The number of nitro benzene ring substituents is 1. The van der Waals surface area contributed by atoms with Crippen LogP contribution in [0.5, 0.6) is 0 Å². The van der Waals surface area contributed by atoms with Gasteiger partial charge in [-0.25, -0.2) is 0 Å². The Morgan fingerprint density at radius 3 is 2.75 bits per heavy atom. The maximum atomic E-state index is 11.0. The number of non-ortho nitro benzene ring substituents is 1. The number of aliphatic hydroxyl groups is 2. The predicted molar refractivity (Wildman–Crippen MR) is 69.6 cm³/mol. The average Bonchev–Trinajstić information content (AvgIpc) is 2.45. The predicted octanol–water partition coefficient (Wildman–Crippen LogP) is 1.45. The molecule has 0 radical (unpaired) electrons. The van der Waals surface area contributed by atoms with Crippen LogP contribution in [-0.2, 0) is 0 Å². The number of nitro groups is 1. The number of pyridine rings is 1. The van der Waals surface area contributed by atoms with Gasteiger partial charge >= 0.3 is 0 Å². The third-order valence-electron chi connectivity index (χ3n) is 3.01. The van der Waals surface area contributed by atoms with Crippen molar-refractivity contribution in [2.45, 2.75) is 18.6 Å². The van der Waals surface area contributed by atoms with Gasteiger partial charge in [0.1, 0.15) is 6.10 Å². The van der Waals surface area contributed by atoms with E-state index >= 15 is 0 Å². The quantitative estimate of drug-likeness (QED) is 0.642. The van der Waals surface area contributed by atoms with E-state index in [0.29, 0.717) is 10.9 Å². The summed E-state index contributed by atoms with van der Waals surface area (Å²) in [4.78, 5) is 14.3. The van der Waals surface area contributed by atoms with Crippen LogP contribution >= 0.6 is 0 Å². The first kappa shape index (κ1) is 13.9. The highest BCUT2D eigenvalue weighted by Gasteiger charge is 2.23. The Hall–Kier alpha value is -2.56. The second-order valence-corrected chi connectivity index (χ2v) is 4.23. The minimum Gasteiger partial charge on any atom is -0.389 e. The topological polar surface area (TPSA) is 120 Å². The summed E-state index contributed by atoms with van der Waals surface area (Å²) in [5.74, 6) is 0. The highest BCUT2D eigenvalue weighted by Crippen LogP contribution is 2.32. The SMILES string of the molecule is N#CCC(O)C(O)c1ccc([N+](=O)[O-])c2cnccc12. The van der Waals surface area contributed by atoms with Crippen LogP contribution in [0.4, 0.5) is 5.69 Å². The molecule has 1 heterocycles. The first-order chi connectivity index (χ1) is 9.56. The first-order valence-corrected chi connectivity index (χ1v) is 5.80. The third kappa shape index (κ3) is 2.42. The molecule has 2 unspecified atom stereocenters. The number of nitriles is 1. The van der Waals surface area contributed by atoms with Crippen LogP contribution in [-0.4, -0.2) is 26.2 Å². The fourth-order valence-corrected chi connectivity index (χ4v) is 2.03. The molecule has 0 amide bonds. The van der Waals surface area contributed by atoms with E-state index in [2.05, 4.69) is 4.98 Å². The van der Waals surface area contributed by atoms with Crippen molar-refractivity contribution in [2.75, 3.05) is 0 Å². The number of hydrogen-bond donors (Lipinski definition) is 2. The van der Waals surface area contributed by atoms with Gasteiger partial charge < -0.3 is 10.2 Å². The van der Waals surface area contributed by atoms with Crippen molar-refractivity contribution >= 4 is 16.5 Å². The van der Waals surface area contributed by atoms with E-state index < -0.39 is 17.1 Å². The number of benzene rings is 1. The maximum Gasteiger partial charge on any atom is 0.278 e. The standard InChI is InChI=1S/C13H11N3O4/c14-5-3-12(17)13(18)9-1-2-11(16(19)20)10-7-15-6-4-8(9)10/h1-2,4,6-7,12-13,17-18H,3H2. The molecule has 0 aliphatic carbocycles. The van der Waals surface area contributed by atoms with Gasteiger partial charge in [-0.15, -0.1) is 0 Å². The van der Waals surface area contributed by atoms with Crippen molar-refractivity contribution in [2.24, 2.45) is 0 Å². The number of rotatable bonds is 4. The molecule has 1 aromatic carbocycles. The molecule has 1 aromatic heterocycles. The van der Waals surface area contributed by atoms with Gasteiger partial charge in [-0.05, 0) is 23.1 Å². The molecular formula is C13H11N3O4. The summed E-state index contributed by atoms with van der Waals surface area (Å²) >= 11 is 0. The molecule has 0 saturated heterocycles. The lowest BCUT2D eigenvalue weighted by atomic mass is 9.96. The molecule has 0 fully saturated rings. The Kier molecular flexibility index (Phi) is 3.89. The molecule has 0 bridgehead atoms. The minimum absolute atomic E-state index is 0.126. The maximum absolute atomic E-state index is 11.0. The summed E-state index contributed by atoms with van der Waals surface area (Å²) in [5, 5.41) is 39.9. The van der Waals surface area contributed by atoms with Gasteiger partial charge in [0, 0.05) is 18.5 Å². The molecule has 0 spiro atoms. The van der Waals surface area contributed by atoms with E-state index in [1.807, 2.05) is 0 Å². The fraction of sp³-hybridized carbons (Fsp3) is 0.231. The lowest BCUT2D eigenvalue weighted by molar-refractivity contribution is -0.383. The van der Waals surface area contributed by atoms with E-state index in [1.54, 1.807) is 6.07 Å². The van der Waals surface area contributed by atoms with Gasteiger partial charge in [0.25, 0.3) is 5.69 Å². The number of aromatic nitrogens is 1. The van der Waals surface area contributed by atoms with Crippen molar-refractivity contribution < 1.29 is 15.1 Å². The van der Waals surface area contributed by atoms with Gasteiger partial charge in [0.2, 0.25) is 0 Å². The summed E-state index contributed by atoms with van der Waals surface area (Å²) in [5.41, 5.74) is 0.203. The highest BCUT2D eigenvalue weighted by atomic mass is 16.6. The number of nitrogens with zero attached hydrogens (tertiary/aromatic N) is 3. The molecule has 7 heteroatoms. The lowest BCUT2D eigenvalue weighted by Gasteiger charge is -2.17. The van der Waals surface area contributed by atoms with E-state index in [1.165, 1.54) is 30.6 Å². The van der Waals surface area contributed by atoms with Gasteiger partial charge in [-0.1, -0.05) is 0 Å². The largest absolute Gasteiger partial charge is 0.389 e. The summed E-state index contributed by atoms with van der Waals surface area (Å²) < 4.78 is 0. The first-order valence-electron chi connectivity index (χ1n) is 5.80. The Morgan fingerprint density at radius 2 is 2.10 bits per heavy atom. The molecule has 20 heavy (non-hydrogen) atoms. The van der Waals surface area contributed by atoms with Crippen LogP contribution in [0.3, 0.4) is 0 Å². The normalized spacial score (nSPS) is 13.7. The summed E-state index contributed by atoms with van der Waals surface area (Å²) in [6, 6.07) is 5.93. The molecule has 2 atom stereocenters. The summed E-state index contributed by atoms with van der Waals surface area (Å²) in [7, 11) is 0. The Bertz CT molecular complexity index is 696. The van der Waals surface area contributed by atoms with Crippen molar-refractivity contribution in [3.05, 3.63) is 46.3 Å². The van der Waals surface area contributed by atoms with Crippen LogP contribution in [0.1, 0.15) is 18.1 Å². The van der Waals surface area contributed by atoms with E-state index in [-0.39, 0.29) is 17.5 Å². The van der Waals surface area contributed by atoms with Crippen LogP contribution in [0.25, 0.3) is 10.8 Å². The zero-order valence-electron chi connectivity index (χ0n) is 10.3. The average molecular weight is 273 g/mol. The van der Waals surface area contributed by atoms with Gasteiger partial charge in [-0.2, -0.15) is 5.26 Å². The van der Waals surface area contributed by atoms with Crippen LogP contribution in [0, 0.1) is 21.4 Å². The van der Waals surface area contributed by atoms with Crippen LogP contribution < -0.4 is 0 Å². The van der Waals surface area contributed by atoms with Gasteiger partial charge in [-0.3, -0.25) is 15.1 Å². The van der Waals surface area contributed by atoms with E-state index in [0.717, 1.165) is 0 Å². The molecule has 7 nitrogen and oxygen atoms in total. The molecule has 2 rings (SSSR count). The fourth-order valence-electron chi connectivity index (χ4n) is 2.03. The molecule has 2 N–H and O–H groups in total. The molecule has 0 aliphatic heterocycles.